The van der Waals surface area contributed by atoms with Crippen molar-refractivity contribution >= 4 is 5.82 Å². The smallest absolute Gasteiger partial charge is 0.252 e. The average molecular weight is 259 g/mol. The summed E-state index contributed by atoms with van der Waals surface area (Å²) in [6.07, 6.45) is 0. The first-order chi connectivity index (χ1) is 9.06. The lowest BCUT2D eigenvalue weighted by Crippen LogP contribution is -2.14. The maximum Gasteiger partial charge on any atom is 0.252 e. The van der Waals surface area contributed by atoms with E-state index in [1.807, 2.05) is 26.0 Å². The number of rotatable bonds is 4. The Hall–Kier alpha value is -2.30. The summed E-state index contributed by atoms with van der Waals surface area (Å²) in [6.45, 7) is 4.34. The van der Waals surface area contributed by atoms with Crippen molar-refractivity contribution in [2.24, 2.45) is 0 Å². The van der Waals surface area contributed by atoms with Gasteiger partial charge in [0.2, 0.25) is 0 Å². The van der Waals surface area contributed by atoms with E-state index in [1.165, 1.54) is 6.07 Å². The molecule has 0 fully saturated rings. The second-order valence-corrected chi connectivity index (χ2v) is 4.65. The number of H-pyrrole nitrogens is 1. The fraction of sp³-hybridized carbons (Fsp3) is 0.286. The van der Waals surface area contributed by atoms with Gasteiger partial charge in [0.05, 0.1) is 0 Å². The fourth-order valence-electron chi connectivity index (χ4n) is 1.69. The molecule has 0 saturated heterocycles. The molecule has 100 valence electrons. The van der Waals surface area contributed by atoms with Gasteiger partial charge in [-0.1, -0.05) is 32.0 Å². The number of nitrogens with one attached hydrogen (secondary N) is 2. The fourth-order valence-corrected chi connectivity index (χ4v) is 1.69. The van der Waals surface area contributed by atoms with Gasteiger partial charge in [0.15, 0.2) is 0 Å². The molecule has 5 nitrogen and oxygen atoms in total. The highest BCUT2D eigenvalue weighted by atomic mass is 16.3. The Labute approximate surface area is 111 Å². The quantitative estimate of drug-likeness (QED) is 0.786. The molecule has 19 heavy (non-hydrogen) atoms. The van der Waals surface area contributed by atoms with Gasteiger partial charge < -0.3 is 15.4 Å². The van der Waals surface area contributed by atoms with E-state index in [4.69, 9.17) is 0 Å². The molecule has 0 saturated carbocycles. The third-order valence-corrected chi connectivity index (χ3v) is 2.76. The van der Waals surface area contributed by atoms with Crippen LogP contribution in [-0.4, -0.2) is 15.1 Å². The van der Waals surface area contributed by atoms with Crippen LogP contribution >= 0.6 is 0 Å². The number of phenolic OH excluding ortho intramolecular Hbond substituents is 1. The molecule has 1 aromatic carbocycles. The van der Waals surface area contributed by atoms with E-state index in [9.17, 15) is 9.90 Å². The zero-order valence-corrected chi connectivity index (χ0v) is 11.0. The predicted molar refractivity (Wildman–Crippen MR) is 74.4 cm³/mol. The molecular formula is C14H17N3O2. The number of phenols is 1. The second kappa shape index (κ2) is 5.56. The van der Waals surface area contributed by atoms with Crippen molar-refractivity contribution in [1.82, 2.24) is 9.97 Å². The molecule has 0 aliphatic carbocycles. The van der Waals surface area contributed by atoms with Crippen molar-refractivity contribution < 1.29 is 5.11 Å². The minimum Gasteiger partial charge on any atom is -0.508 e. The first kappa shape index (κ1) is 13.1. The van der Waals surface area contributed by atoms with Crippen molar-refractivity contribution in [2.75, 3.05) is 5.32 Å². The third kappa shape index (κ3) is 3.34. The summed E-state index contributed by atoms with van der Waals surface area (Å²) < 4.78 is 0. The number of aromatic amines is 1. The number of hydrogen-bond acceptors (Lipinski definition) is 4. The Morgan fingerprint density at radius 3 is 2.79 bits per heavy atom. The van der Waals surface area contributed by atoms with Crippen LogP contribution in [0.2, 0.25) is 0 Å². The molecule has 3 N–H and O–H groups in total. The summed E-state index contributed by atoms with van der Waals surface area (Å²) >= 11 is 0. The van der Waals surface area contributed by atoms with Crippen LogP contribution in [0.1, 0.15) is 31.2 Å². The standard InChI is InChI=1S/C14H17N3O2/c1-9(2)14-16-12(7-13(19)17-14)15-8-10-5-3-4-6-11(10)18/h3-7,9,18H,8H2,1-2H3,(H2,15,16,17,19). The molecule has 2 rings (SSSR count). The van der Waals surface area contributed by atoms with Crippen molar-refractivity contribution in [1.29, 1.82) is 0 Å². The van der Waals surface area contributed by atoms with Gasteiger partial charge in [0.1, 0.15) is 17.4 Å². The summed E-state index contributed by atoms with van der Waals surface area (Å²) in [5, 5.41) is 12.7. The number of para-hydroxylation sites is 1. The number of nitrogens with zero attached hydrogens (tertiary/aromatic N) is 1. The molecule has 0 aliphatic rings. The summed E-state index contributed by atoms with van der Waals surface area (Å²) in [5.41, 5.74) is 0.578. The van der Waals surface area contributed by atoms with Crippen molar-refractivity contribution in [3.8, 4) is 5.75 Å². The van der Waals surface area contributed by atoms with Crippen LogP contribution in [0.5, 0.6) is 5.75 Å². The topological polar surface area (TPSA) is 78.0 Å². The van der Waals surface area contributed by atoms with E-state index < -0.39 is 0 Å². The molecule has 0 bridgehead atoms. The lowest BCUT2D eigenvalue weighted by molar-refractivity contribution is 0.469. The van der Waals surface area contributed by atoms with Crippen LogP contribution in [0, 0.1) is 0 Å². The molecular weight excluding hydrogens is 242 g/mol. The van der Waals surface area contributed by atoms with Crippen LogP contribution < -0.4 is 10.9 Å². The van der Waals surface area contributed by atoms with E-state index in [0.29, 0.717) is 18.2 Å². The molecule has 0 radical (unpaired) electrons. The molecule has 2 aromatic rings. The van der Waals surface area contributed by atoms with Gasteiger partial charge in [-0.2, -0.15) is 0 Å². The maximum absolute atomic E-state index is 11.5. The van der Waals surface area contributed by atoms with Crippen LogP contribution in [0.15, 0.2) is 35.1 Å². The summed E-state index contributed by atoms with van der Waals surface area (Å²) in [5.74, 6) is 1.53. The van der Waals surface area contributed by atoms with Gasteiger partial charge in [-0.15, -0.1) is 0 Å². The highest BCUT2D eigenvalue weighted by Gasteiger charge is 2.06. The van der Waals surface area contributed by atoms with Gasteiger partial charge >= 0.3 is 0 Å². The summed E-state index contributed by atoms with van der Waals surface area (Å²) in [4.78, 5) is 18.5. The Bertz CT molecular complexity index is 620. The van der Waals surface area contributed by atoms with Gasteiger partial charge in [-0.25, -0.2) is 4.98 Å². The normalized spacial score (nSPS) is 10.7. The second-order valence-electron chi connectivity index (χ2n) is 4.65. The SMILES string of the molecule is CC(C)c1nc(NCc2ccccc2O)cc(=O)[nH]1. The Balaban J connectivity index is 2.16. The van der Waals surface area contributed by atoms with Gasteiger partial charge in [-0.05, 0) is 6.07 Å². The van der Waals surface area contributed by atoms with E-state index >= 15 is 0 Å². The lowest BCUT2D eigenvalue weighted by Gasteiger charge is -2.09. The molecule has 0 aliphatic heterocycles. The Morgan fingerprint density at radius 2 is 2.11 bits per heavy atom. The van der Waals surface area contributed by atoms with Crippen LogP contribution in [-0.2, 0) is 6.54 Å². The largest absolute Gasteiger partial charge is 0.508 e. The highest BCUT2D eigenvalue weighted by Crippen LogP contribution is 2.17. The number of aromatic hydroxyl groups is 1. The van der Waals surface area contributed by atoms with E-state index in [0.717, 1.165) is 5.56 Å². The third-order valence-electron chi connectivity index (χ3n) is 2.76. The van der Waals surface area contributed by atoms with Crippen LogP contribution in [0.3, 0.4) is 0 Å². The Kier molecular flexibility index (Phi) is 3.85. The van der Waals surface area contributed by atoms with Crippen LogP contribution in [0.4, 0.5) is 5.82 Å². The highest BCUT2D eigenvalue weighted by molar-refractivity contribution is 5.38. The monoisotopic (exact) mass is 259 g/mol. The predicted octanol–water partition coefficient (Wildman–Crippen LogP) is 2.21. The minimum absolute atomic E-state index is 0.152. The number of aromatic nitrogens is 2. The molecule has 0 atom stereocenters. The molecule has 5 heteroatoms. The first-order valence-electron chi connectivity index (χ1n) is 6.18. The molecule has 1 heterocycles. The van der Waals surface area contributed by atoms with Gasteiger partial charge in [0, 0.05) is 24.1 Å². The number of hydrogen-bond donors (Lipinski definition) is 3. The average Bonchev–Trinajstić information content (AvgIpc) is 2.37. The van der Waals surface area contributed by atoms with Crippen molar-refractivity contribution in [2.45, 2.75) is 26.3 Å². The first-order valence-corrected chi connectivity index (χ1v) is 6.18. The molecule has 0 amide bonds. The molecule has 1 aromatic heterocycles. The van der Waals surface area contributed by atoms with E-state index in [2.05, 4.69) is 15.3 Å². The summed E-state index contributed by atoms with van der Waals surface area (Å²) in [7, 11) is 0. The maximum atomic E-state index is 11.5. The molecule has 0 unspecified atom stereocenters. The zero-order valence-electron chi connectivity index (χ0n) is 11.0. The van der Waals surface area contributed by atoms with E-state index in [1.54, 1.807) is 12.1 Å². The minimum atomic E-state index is -0.182. The molecule has 0 spiro atoms. The van der Waals surface area contributed by atoms with E-state index in [-0.39, 0.29) is 17.2 Å². The van der Waals surface area contributed by atoms with Crippen LogP contribution in [0.25, 0.3) is 0 Å². The Morgan fingerprint density at radius 1 is 1.37 bits per heavy atom. The van der Waals surface area contributed by atoms with Gasteiger partial charge in [-0.3, -0.25) is 4.79 Å². The summed E-state index contributed by atoms with van der Waals surface area (Å²) in [6, 6.07) is 8.47. The lowest BCUT2D eigenvalue weighted by atomic mass is 10.2. The number of benzene rings is 1. The number of anilines is 1. The van der Waals surface area contributed by atoms with Crippen molar-refractivity contribution in [3.05, 3.63) is 52.1 Å². The zero-order chi connectivity index (χ0) is 13.8. The van der Waals surface area contributed by atoms with Crippen molar-refractivity contribution in [3.63, 3.8) is 0 Å². The van der Waals surface area contributed by atoms with Gasteiger partial charge in [0.25, 0.3) is 5.56 Å².